The Bertz CT molecular complexity index is 955. The first-order valence-corrected chi connectivity index (χ1v) is 8.09. The van der Waals surface area contributed by atoms with Crippen molar-refractivity contribution in [3.8, 4) is 0 Å². The summed E-state index contributed by atoms with van der Waals surface area (Å²) in [6.07, 6.45) is 0.907. The number of fused-ring (bicyclic) bond motifs is 3. The number of nitrogens with zero attached hydrogens (tertiary/aromatic N) is 4. The van der Waals surface area contributed by atoms with Crippen LogP contribution in [0.4, 0.5) is 0 Å². The van der Waals surface area contributed by atoms with Crippen LogP contribution in [-0.4, -0.2) is 31.6 Å². The predicted octanol–water partition coefficient (Wildman–Crippen LogP) is 1.51. The lowest BCUT2D eigenvalue weighted by Gasteiger charge is -2.12. The molecule has 0 saturated heterocycles. The van der Waals surface area contributed by atoms with E-state index < -0.39 is 0 Å². The van der Waals surface area contributed by atoms with Crippen LogP contribution in [0.3, 0.4) is 0 Å². The molecule has 3 aromatic rings. The van der Waals surface area contributed by atoms with Crippen LogP contribution in [0.2, 0.25) is 0 Å². The van der Waals surface area contributed by atoms with Gasteiger partial charge in [-0.3, -0.25) is 18.6 Å². The van der Waals surface area contributed by atoms with Crippen molar-refractivity contribution in [2.24, 2.45) is 5.92 Å². The Morgan fingerprint density at radius 3 is 2.62 bits per heavy atom. The van der Waals surface area contributed by atoms with Crippen LogP contribution >= 0.6 is 0 Å². The summed E-state index contributed by atoms with van der Waals surface area (Å²) >= 11 is 0. The molecule has 0 spiro atoms. The Labute approximate surface area is 139 Å². The number of carbonyl (C=O) groups excluding carboxylic acids is 1. The molecular weight excluding hydrogens is 306 g/mol. The van der Waals surface area contributed by atoms with Crippen LogP contribution in [0.15, 0.2) is 29.1 Å². The SMILES string of the molecule is Cc1nnc2c(=O)n(CC(=O)NCCC(C)C)c3ccccc3n12. The topological polar surface area (TPSA) is 81.3 Å². The number of para-hydroxylation sites is 2. The molecule has 0 fully saturated rings. The van der Waals surface area contributed by atoms with Gasteiger partial charge in [0.15, 0.2) is 0 Å². The first-order valence-electron chi connectivity index (χ1n) is 8.09. The molecule has 0 aliphatic carbocycles. The molecule has 0 saturated carbocycles. The van der Waals surface area contributed by atoms with E-state index in [-0.39, 0.29) is 23.7 Å². The second kappa shape index (κ2) is 6.43. The predicted molar refractivity (Wildman–Crippen MR) is 92.0 cm³/mol. The normalized spacial score (nSPS) is 11.5. The minimum atomic E-state index is -0.312. The molecule has 0 radical (unpaired) electrons. The zero-order valence-electron chi connectivity index (χ0n) is 14.1. The molecular formula is C17H21N5O2. The summed E-state index contributed by atoms with van der Waals surface area (Å²) in [5, 5.41) is 10.8. The third-order valence-electron chi connectivity index (χ3n) is 4.02. The third-order valence-corrected chi connectivity index (χ3v) is 4.02. The van der Waals surface area contributed by atoms with Gasteiger partial charge < -0.3 is 5.32 Å². The van der Waals surface area contributed by atoms with Gasteiger partial charge in [-0.15, -0.1) is 10.2 Å². The zero-order valence-corrected chi connectivity index (χ0v) is 14.1. The molecule has 3 rings (SSSR count). The maximum Gasteiger partial charge on any atom is 0.297 e. The molecule has 7 nitrogen and oxygen atoms in total. The molecule has 2 heterocycles. The maximum absolute atomic E-state index is 12.7. The summed E-state index contributed by atoms with van der Waals surface area (Å²) in [4.78, 5) is 25.0. The lowest BCUT2D eigenvalue weighted by molar-refractivity contribution is -0.121. The monoisotopic (exact) mass is 327 g/mol. The average Bonchev–Trinajstić information content (AvgIpc) is 2.93. The van der Waals surface area contributed by atoms with Crippen LogP contribution in [0.1, 0.15) is 26.1 Å². The smallest absolute Gasteiger partial charge is 0.297 e. The Hall–Kier alpha value is -2.70. The number of carbonyl (C=O) groups is 1. The highest BCUT2D eigenvalue weighted by Crippen LogP contribution is 2.14. The molecule has 2 aromatic heterocycles. The molecule has 0 bridgehead atoms. The number of aryl methyl sites for hydroxylation is 1. The van der Waals surface area contributed by atoms with E-state index >= 15 is 0 Å². The summed E-state index contributed by atoms with van der Waals surface area (Å²) in [5.41, 5.74) is 1.43. The van der Waals surface area contributed by atoms with Gasteiger partial charge in [0.2, 0.25) is 11.6 Å². The molecule has 0 aliphatic rings. The van der Waals surface area contributed by atoms with E-state index in [1.54, 1.807) is 11.3 Å². The Kier molecular flexibility index (Phi) is 4.33. The number of hydrogen-bond acceptors (Lipinski definition) is 4. The number of benzene rings is 1. The highest BCUT2D eigenvalue weighted by atomic mass is 16.2. The second-order valence-electron chi connectivity index (χ2n) is 6.32. The number of rotatable bonds is 5. The molecule has 1 N–H and O–H groups in total. The maximum atomic E-state index is 12.7. The van der Waals surface area contributed by atoms with Crippen LogP contribution in [0, 0.1) is 12.8 Å². The van der Waals surface area contributed by atoms with Gasteiger partial charge in [-0.1, -0.05) is 26.0 Å². The van der Waals surface area contributed by atoms with Crippen molar-refractivity contribution < 1.29 is 4.79 Å². The first-order chi connectivity index (χ1) is 11.5. The Morgan fingerprint density at radius 1 is 1.21 bits per heavy atom. The van der Waals surface area contributed by atoms with Gasteiger partial charge in [-0.25, -0.2) is 0 Å². The standard InChI is InChI=1S/C17H21N5O2/c1-11(2)8-9-18-15(23)10-21-13-6-4-5-7-14(13)22-12(3)19-20-16(22)17(21)24/h4-7,11H,8-10H2,1-3H3,(H,18,23). The molecule has 0 unspecified atom stereocenters. The summed E-state index contributed by atoms with van der Waals surface area (Å²) < 4.78 is 3.19. The van der Waals surface area contributed by atoms with E-state index in [4.69, 9.17) is 0 Å². The first kappa shape index (κ1) is 16.2. The van der Waals surface area contributed by atoms with Gasteiger partial charge in [0.05, 0.1) is 11.0 Å². The van der Waals surface area contributed by atoms with Gasteiger partial charge >= 0.3 is 0 Å². The Balaban J connectivity index is 2.02. The van der Waals surface area contributed by atoms with Crippen molar-refractivity contribution in [3.05, 3.63) is 40.4 Å². The number of nitrogens with one attached hydrogen (secondary N) is 1. The van der Waals surface area contributed by atoms with Gasteiger partial charge in [-0.2, -0.15) is 0 Å². The zero-order chi connectivity index (χ0) is 17.3. The van der Waals surface area contributed by atoms with Crippen LogP contribution in [0.5, 0.6) is 0 Å². The van der Waals surface area contributed by atoms with E-state index in [1.807, 2.05) is 24.3 Å². The van der Waals surface area contributed by atoms with E-state index in [0.717, 1.165) is 11.9 Å². The second-order valence-corrected chi connectivity index (χ2v) is 6.32. The van der Waals surface area contributed by atoms with Gasteiger partial charge in [0, 0.05) is 6.54 Å². The van der Waals surface area contributed by atoms with E-state index in [9.17, 15) is 9.59 Å². The number of aromatic nitrogens is 4. The van der Waals surface area contributed by atoms with Gasteiger partial charge in [0.25, 0.3) is 5.56 Å². The fourth-order valence-corrected chi connectivity index (χ4v) is 2.76. The van der Waals surface area contributed by atoms with Crippen molar-refractivity contribution in [3.63, 3.8) is 0 Å². The van der Waals surface area contributed by atoms with Crippen molar-refractivity contribution >= 4 is 22.6 Å². The molecule has 1 aromatic carbocycles. The minimum Gasteiger partial charge on any atom is -0.355 e. The molecule has 0 aliphatic heterocycles. The van der Waals surface area contributed by atoms with Crippen molar-refractivity contribution in [2.45, 2.75) is 33.7 Å². The average molecular weight is 327 g/mol. The van der Waals surface area contributed by atoms with Gasteiger partial charge in [-0.05, 0) is 31.4 Å². The quantitative estimate of drug-likeness (QED) is 0.770. The minimum absolute atomic E-state index is 0.0279. The van der Waals surface area contributed by atoms with E-state index in [1.165, 1.54) is 4.57 Å². The van der Waals surface area contributed by atoms with Gasteiger partial charge in [0.1, 0.15) is 12.4 Å². The van der Waals surface area contributed by atoms with Crippen LogP contribution in [0.25, 0.3) is 16.7 Å². The number of hydrogen-bond donors (Lipinski definition) is 1. The van der Waals surface area contributed by atoms with E-state index in [0.29, 0.717) is 23.8 Å². The fourth-order valence-electron chi connectivity index (χ4n) is 2.76. The fraction of sp³-hybridized carbons (Fsp3) is 0.412. The molecule has 0 atom stereocenters. The van der Waals surface area contributed by atoms with Crippen molar-refractivity contribution in [1.82, 2.24) is 24.5 Å². The summed E-state index contributed by atoms with van der Waals surface area (Å²) in [5.74, 6) is 0.986. The molecule has 7 heteroatoms. The summed E-state index contributed by atoms with van der Waals surface area (Å²) in [6.45, 7) is 6.58. The lowest BCUT2D eigenvalue weighted by atomic mass is 10.1. The van der Waals surface area contributed by atoms with E-state index in [2.05, 4.69) is 29.4 Å². The highest BCUT2D eigenvalue weighted by molar-refractivity contribution is 5.82. The third kappa shape index (κ3) is 2.89. The lowest BCUT2D eigenvalue weighted by Crippen LogP contribution is -2.34. The molecule has 24 heavy (non-hydrogen) atoms. The number of amides is 1. The van der Waals surface area contributed by atoms with Crippen LogP contribution in [-0.2, 0) is 11.3 Å². The highest BCUT2D eigenvalue weighted by Gasteiger charge is 2.16. The largest absolute Gasteiger partial charge is 0.355 e. The molecule has 1 amide bonds. The Morgan fingerprint density at radius 2 is 1.92 bits per heavy atom. The summed E-state index contributed by atoms with van der Waals surface area (Å²) in [7, 11) is 0. The van der Waals surface area contributed by atoms with Crippen molar-refractivity contribution in [1.29, 1.82) is 0 Å². The van der Waals surface area contributed by atoms with Crippen LogP contribution < -0.4 is 10.9 Å². The summed E-state index contributed by atoms with van der Waals surface area (Å²) in [6, 6.07) is 7.46. The van der Waals surface area contributed by atoms with Crippen molar-refractivity contribution in [2.75, 3.05) is 6.54 Å². The molecule has 126 valence electrons.